The number of alkyl halides is 3. The smallest absolute Gasteiger partial charge is 0.416 e. The van der Waals surface area contributed by atoms with Gasteiger partial charge in [-0.1, -0.05) is 12.1 Å². The third kappa shape index (κ3) is 4.36. The van der Waals surface area contributed by atoms with Crippen LogP contribution >= 0.6 is 0 Å². The van der Waals surface area contributed by atoms with E-state index in [1.807, 2.05) is 6.92 Å². The number of rotatable bonds is 6. The Morgan fingerprint density at radius 1 is 1.35 bits per heavy atom. The maximum Gasteiger partial charge on any atom is 0.416 e. The Labute approximate surface area is 149 Å². The maximum absolute atomic E-state index is 13.0. The van der Waals surface area contributed by atoms with E-state index in [4.69, 9.17) is 9.26 Å². The monoisotopic (exact) mass is 370 g/mol. The highest BCUT2D eigenvalue weighted by Gasteiger charge is 2.32. The van der Waals surface area contributed by atoms with Gasteiger partial charge < -0.3 is 14.6 Å². The van der Waals surface area contributed by atoms with Gasteiger partial charge in [-0.15, -0.1) is 0 Å². The number of ether oxygens (including phenoxy) is 1. The number of halogens is 3. The van der Waals surface area contributed by atoms with E-state index >= 15 is 0 Å². The molecular weight excluding hydrogens is 349 g/mol. The lowest BCUT2D eigenvalue weighted by atomic mass is 9.98. The summed E-state index contributed by atoms with van der Waals surface area (Å²) < 4.78 is 49.5. The van der Waals surface area contributed by atoms with Gasteiger partial charge in [0.2, 0.25) is 5.91 Å². The van der Waals surface area contributed by atoms with Crippen LogP contribution in [-0.2, 0) is 11.0 Å². The summed E-state index contributed by atoms with van der Waals surface area (Å²) in [7, 11) is 0. The van der Waals surface area contributed by atoms with Crippen molar-refractivity contribution in [2.75, 3.05) is 11.9 Å². The Balaban J connectivity index is 2.31. The maximum atomic E-state index is 13.0. The number of hydrogen-bond acceptors (Lipinski definition) is 4. The predicted octanol–water partition coefficient (Wildman–Crippen LogP) is 4.84. The van der Waals surface area contributed by atoms with Gasteiger partial charge in [0.1, 0.15) is 11.5 Å². The van der Waals surface area contributed by atoms with Crippen molar-refractivity contribution in [2.45, 2.75) is 46.2 Å². The van der Waals surface area contributed by atoms with Crippen molar-refractivity contribution < 1.29 is 27.2 Å². The zero-order valence-corrected chi connectivity index (χ0v) is 15.0. The Morgan fingerprint density at radius 3 is 2.58 bits per heavy atom. The first-order valence-corrected chi connectivity index (χ1v) is 8.22. The molecule has 1 N–H and O–H groups in total. The molecule has 1 amide bonds. The van der Waals surface area contributed by atoms with Crippen molar-refractivity contribution in [3.8, 4) is 5.75 Å². The average molecular weight is 370 g/mol. The quantitative estimate of drug-likeness (QED) is 0.790. The van der Waals surface area contributed by atoms with Gasteiger partial charge in [-0.25, -0.2) is 0 Å². The van der Waals surface area contributed by atoms with Crippen LogP contribution in [0.4, 0.5) is 18.9 Å². The van der Waals surface area contributed by atoms with Crippen LogP contribution in [0, 0.1) is 13.8 Å². The van der Waals surface area contributed by atoms with Crippen molar-refractivity contribution >= 4 is 11.6 Å². The molecular formula is C18H21F3N2O3. The minimum atomic E-state index is -4.52. The van der Waals surface area contributed by atoms with E-state index in [-0.39, 0.29) is 11.4 Å². The zero-order valence-electron chi connectivity index (χ0n) is 15.0. The van der Waals surface area contributed by atoms with Gasteiger partial charge in [-0.05, 0) is 45.4 Å². The number of amides is 1. The van der Waals surface area contributed by atoms with Crippen LogP contribution in [0.1, 0.15) is 48.8 Å². The molecule has 0 spiro atoms. The van der Waals surface area contributed by atoms with E-state index in [1.54, 1.807) is 20.8 Å². The molecule has 0 aliphatic heterocycles. The molecule has 1 unspecified atom stereocenters. The van der Waals surface area contributed by atoms with Gasteiger partial charge >= 0.3 is 6.18 Å². The summed E-state index contributed by atoms with van der Waals surface area (Å²) >= 11 is 0. The molecule has 0 bridgehead atoms. The fourth-order valence-electron chi connectivity index (χ4n) is 2.62. The lowest BCUT2D eigenvalue weighted by Gasteiger charge is -2.17. The number of nitrogens with zero attached hydrogens (tertiary/aromatic N) is 1. The topological polar surface area (TPSA) is 64.4 Å². The number of anilines is 1. The van der Waals surface area contributed by atoms with Gasteiger partial charge in [0.15, 0.2) is 0 Å². The van der Waals surface area contributed by atoms with Crippen molar-refractivity contribution in [2.24, 2.45) is 0 Å². The molecule has 2 aromatic rings. The van der Waals surface area contributed by atoms with E-state index in [0.29, 0.717) is 30.0 Å². The third-order valence-electron chi connectivity index (χ3n) is 3.94. The summed E-state index contributed by atoms with van der Waals surface area (Å²) in [6, 6.07) is 3.02. The number of aromatic nitrogens is 1. The summed E-state index contributed by atoms with van der Waals surface area (Å²) in [5.74, 6) is -0.425. The van der Waals surface area contributed by atoms with Crippen molar-refractivity contribution in [3.63, 3.8) is 0 Å². The first-order valence-electron chi connectivity index (χ1n) is 8.22. The van der Waals surface area contributed by atoms with E-state index in [1.165, 1.54) is 6.07 Å². The number of aryl methyl sites for hydroxylation is 2. The standard InChI is InChI=1S/C18H21F3N2O3/c1-5-8-25-15-7-6-13(18(19,20)21)9-14(15)22-17(24)10(2)16-11(3)23-26-12(16)4/h6-7,9-10H,5,8H2,1-4H3,(H,22,24). The van der Waals surface area contributed by atoms with Crippen LogP contribution in [0.5, 0.6) is 5.75 Å². The van der Waals surface area contributed by atoms with Gasteiger partial charge in [0.05, 0.1) is 29.5 Å². The minimum absolute atomic E-state index is 0.0168. The molecule has 0 fully saturated rings. The normalized spacial score (nSPS) is 12.7. The molecule has 0 saturated heterocycles. The Bertz CT molecular complexity index is 765. The Hall–Kier alpha value is -2.51. The van der Waals surface area contributed by atoms with Crippen LogP contribution in [0.3, 0.4) is 0 Å². The van der Waals surface area contributed by atoms with Gasteiger partial charge in [-0.3, -0.25) is 4.79 Å². The van der Waals surface area contributed by atoms with E-state index < -0.39 is 23.6 Å². The second-order valence-electron chi connectivity index (χ2n) is 6.01. The molecule has 0 saturated carbocycles. The zero-order chi connectivity index (χ0) is 19.5. The lowest BCUT2D eigenvalue weighted by Crippen LogP contribution is -2.21. The predicted molar refractivity (Wildman–Crippen MR) is 90.3 cm³/mol. The summed E-state index contributed by atoms with van der Waals surface area (Å²) in [4.78, 5) is 12.6. The first-order chi connectivity index (χ1) is 12.1. The van der Waals surface area contributed by atoms with Gasteiger partial charge in [0.25, 0.3) is 0 Å². The van der Waals surface area contributed by atoms with E-state index in [0.717, 1.165) is 12.1 Å². The summed E-state index contributed by atoms with van der Waals surface area (Å²) in [5, 5.41) is 6.34. The second-order valence-corrected chi connectivity index (χ2v) is 6.01. The Morgan fingerprint density at radius 2 is 2.04 bits per heavy atom. The third-order valence-corrected chi connectivity index (χ3v) is 3.94. The number of carbonyl (C=O) groups excluding carboxylic acids is 1. The van der Waals surface area contributed by atoms with Crippen molar-refractivity contribution in [1.82, 2.24) is 5.16 Å². The van der Waals surface area contributed by atoms with Crippen LogP contribution in [0.2, 0.25) is 0 Å². The largest absolute Gasteiger partial charge is 0.491 e. The SMILES string of the molecule is CCCOc1ccc(C(F)(F)F)cc1NC(=O)C(C)c1c(C)noc1C. The average Bonchev–Trinajstić information content (AvgIpc) is 2.90. The molecule has 0 radical (unpaired) electrons. The molecule has 1 aromatic heterocycles. The summed E-state index contributed by atoms with van der Waals surface area (Å²) in [5.41, 5.74) is 0.306. The Kier molecular flexibility index (Phi) is 5.94. The van der Waals surface area contributed by atoms with Crippen LogP contribution in [0.25, 0.3) is 0 Å². The minimum Gasteiger partial charge on any atom is -0.491 e. The second kappa shape index (κ2) is 7.80. The highest BCUT2D eigenvalue weighted by molar-refractivity contribution is 5.97. The molecule has 1 heterocycles. The van der Waals surface area contributed by atoms with Crippen LogP contribution in [-0.4, -0.2) is 17.7 Å². The fraction of sp³-hybridized carbons (Fsp3) is 0.444. The fourth-order valence-corrected chi connectivity index (χ4v) is 2.62. The summed E-state index contributed by atoms with van der Waals surface area (Å²) in [6.45, 7) is 7.23. The van der Waals surface area contributed by atoms with Gasteiger partial charge in [-0.2, -0.15) is 13.2 Å². The van der Waals surface area contributed by atoms with Crippen LogP contribution in [0.15, 0.2) is 22.7 Å². The molecule has 142 valence electrons. The van der Waals surface area contributed by atoms with E-state index in [9.17, 15) is 18.0 Å². The number of hydrogen-bond donors (Lipinski definition) is 1. The first kappa shape index (κ1) is 19.8. The summed E-state index contributed by atoms with van der Waals surface area (Å²) in [6.07, 6.45) is -3.83. The highest BCUT2D eigenvalue weighted by atomic mass is 19.4. The van der Waals surface area contributed by atoms with E-state index in [2.05, 4.69) is 10.5 Å². The van der Waals surface area contributed by atoms with Crippen molar-refractivity contribution in [3.05, 3.63) is 40.8 Å². The molecule has 0 aliphatic rings. The number of nitrogens with one attached hydrogen (secondary N) is 1. The van der Waals surface area contributed by atoms with Crippen LogP contribution < -0.4 is 10.1 Å². The molecule has 1 atom stereocenters. The molecule has 2 rings (SSSR count). The highest BCUT2D eigenvalue weighted by Crippen LogP contribution is 2.36. The lowest BCUT2D eigenvalue weighted by molar-refractivity contribution is -0.137. The molecule has 5 nitrogen and oxygen atoms in total. The van der Waals surface area contributed by atoms with Gasteiger partial charge in [0, 0.05) is 5.56 Å². The molecule has 8 heteroatoms. The number of carbonyl (C=O) groups is 1. The molecule has 1 aromatic carbocycles. The number of benzene rings is 1. The molecule has 0 aliphatic carbocycles. The van der Waals surface area contributed by atoms with Crippen molar-refractivity contribution in [1.29, 1.82) is 0 Å². The molecule has 26 heavy (non-hydrogen) atoms.